The van der Waals surface area contributed by atoms with E-state index in [1.54, 1.807) is 30.6 Å². The van der Waals surface area contributed by atoms with Gasteiger partial charge in [0.1, 0.15) is 0 Å². The fourth-order valence-corrected chi connectivity index (χ4v) is 5.14. The van der Waals surface area contributed by atoms with Crippen LogP contribution in [-0.2, 0) is 21.4 Å². The van der Waals surface area contributed by atoms with Crippen LogP contribution in [0.3, 0.4) is 0 Å². The van der Waals surface area contributed by atoms with Crippen LogP contribution in [0.5, 0.6) is 0 Å². The van der Waals surface area contributed by atoms with Crippen molar-refractivity contribution < 1.29 is 13.2 Å². The monoisotopic (exact) mass is 445 g/mol. The van der Waals surface area contributed by atoms with E-state index in [4.69, 9.17) is 16.3 Å². The van der Waals surface area contributed by atoms with E-state index >= 15 is 0 Å². The lowest BCUT2D eigenvalue weighted by atomic mass is 10.2. The number of hydrogen-bond donors (Lipinski definition) is 2. The minimum absolute atomic E-state index is 0.0838. The van der Waals surface area contributed by atoms with Crippen molar-refractivity contribution in [3.8, 4) is 0 Å². The topological polar surface area (TPSA) is 80.3 Å². The molecule has 8 heteroatoms. The third-order valence-electron chi connectivity index (χ3n) is 5.29. The molecule has 2 atom stereocenters. The van der Waals surface area contributed by atoms with E-state index in [9.17, 15) is 8.42 Å². The van der Waals surface area contributed by atoms with Gasteiger partial charge in [-0.15, -0.1) is 0 Å². The highest BCUT2D eigenvalue weighted by molar-refractivity contribution is 7.89. The lowest BCUT2D eigenvalue weighted by Gasteiger charge is -2.16. The van der Waals surface area contributed by atoms with Crippen LogP contribution >= 0.6 is 11.6 Å². The van der Waals surface area contributed by atoms with Gasteiger partial charge in [-0.2, -0.15) is 0 Å². The Morgan fingerprint density at radius 1 is 1.10 bits per heavy atom. The summed E-state index contributed by atoms with van der Waals surface area (Å²) >= 11 is 5.89. The van der Waals surface area contributed by atoms with Crippen LogP contribution in [0.15, 0.2) is 65.8 Å². The second-order valence-corrected chi connectivity index (χ2v) is 9.66. The fourth-order valence-electron chi connectivity index (χ4n) is 3.71. The summed E-state index contributed by atoms with van der Waals surface area (Å²) in [5, 5.41) is 5.65. The summed E-state index contributed by atoms with van der Waals surface area (Å²) in [5.74, 6) is 0. The van der Waals surface area contributed by atoms with Crippen LogP contribution in [0.25, 0.3) is 10.8 Å². The molecule has 4 rings (SSSR count). The summed E-state index contributed by atoms with van der Waals surface area (Å²) < 4.78 is 34.2. The number of aromatic nitrogens is 1. The zero-order valence-electron chi connectivity index (χ0n) is 16.4. The predicted octanol–water partition coefficient (Wildman–Crippen LogP) is 3.50. The number of pyridine rings is 1. The zero-order valence-corrected chi connectivity index (χ0v) is 18.0. The van der Waals surface area contributed by atoms with Gasteiger partial charge in [0, 0.05) is 46.8 Å². The average molecular weight is 446 g/mol. The number of nitrogens with zero attached hydrogens (tertiary/aromatic N) is 1. The smallest absolute Gasteiger partial charge is 0.241 e. The molecule has 2 aromatic carbocycles. The van der Waals surface area contributed by atoms with Crippen molar-refractivity contribution in [1.29, 1.82) is 0 Å². The molecule has 0 amide bonds. The van der Waals surface area contributed by atoms with Gasteiger partial charge < -0.3 is 10.1 Å². The highest BCUT2D eigenvalue weighted by Crippen LogP contribution is 2.22. The van der Waals surface area contributed by atoms with Crippen LogP contribution in [0.1, 0.15) is 18.4 Å². The Bertz CT molecular complexity index is 1100. The molecule has 2 N–H and O–H groups in total. The SMILES string of the molecule is O=S(=O)(NC[C@@H]1CC[C@H](COCc2ccc(Cl)cc2)N1)c1cccc2cnccc12. The largest absolute Gasteiger partial charge is 0.375 e. The van der Waals surface area contributed by atoms with Crippen molar-refractivity contribution in [3.05, 3.63) is 71.5 Å². The summed E-state index contributed by atoms with van der Waals surface area (Å²) in [6, 6.07) is 14.8. The lowest BCUT2D eigenvalue weighted by molar-refractivity contribution is 0.102. The highest BCUT2D eigenvalue weighted by atomic mass is 35.5. The van der Waals surface area contributed by atoms with Crippen molar-refractivity contribution in [3.63, 3.8) is 0 Å². The lowest BCUT2D eigenvalue weighted by Crippen LogP contribution is -2.40. The Kier molecular flexibility index (Phi) is 6.65. The molecule has 2 heterocycles. The van der Waals surface area contributed by atoms with E-state index in [1.807, 2.05) is 30.3 Å². The first-order valence-electron chi connectivity index (χ1n) is 9.92. The van der Waals surface area contributed by atoms with Crippen molar-refractivity contribution in [2.75, 3.05) is 13.2 Å². The number of halogens is 1. The molecule has 0 radical (unpaired) electrons. The standard InChI is InChI=1S/C22H24ClN3O3S/c23-18-6-4-16(5-7-18)14-29-15-20-9-8-19(26-20)13-25-30(27,28)22-3-1-2-17-12-24-11-10-21(17)22/h1-7,10-12,19-20,25-26H,8-9,13-15H2/t19-,20+/m0/s1. The van der Waals surface area contributed by atoms with Crippen LogP contribution in [0.2, 0.25) is 5.02 Å². The van der Waals surface area contributed by atoms with Gasteiger partial charge in [-0.05, 0) is 42.7 Å². The molecule has 0 bridgehead atoms. The van der Waals surface area contributed by atoms with E-state index in [0.717, 1.165) is 23.8 Å². The molecule has 0 aliphatic carbocycles. The molecule has 1 aliphatic heterocycles. The number of rotatable bonds is 8. The summed E-state index contributed by atoms with van der Waals surface area (Å²) in [5.41, 5.74) is 1.08. The quantitative estimate of drug-likeness (QED) is 0.554. The van der Waals surface area contributed by atoms with E-state index in [-0.39, 0.29) is 17.0 Å². The maximum Gasteiger partial charge on any atom is 0.241 e. The summed E-state index contributed by atoms with van der Waals surface area (Å²) in [4.78, 5) is 4.34. The zero-order chi connectivity index (χ0) is 21.0. The van der Waals surface area contributed by atoms with Gasteiger partial charge in [0.25, 0.3) is 0 Å². The maximum atomic E-state index is 12.8. The van der Waals surface area contributed by atoms with Gasteiger partial charge in [0.2, 0.25) is 10.0 Å². The average Bonchev–Trinajstić information content (AvgIpc) is 3.21. The summed E-state index contributed by atoms with van der Waals surface area (Å²) in [7, 11) is -3.61. The second kappa shape index (κ2) is 9.41. The number of ether oxygens (including phenoxy) is 1. The molecule has 158 valence electrons. The summed E-state index contributed by atoms with van der Waals surface area (Å²) in [6.45, 7) is 1.46. The molecule has 1 saturated heterocycles. The normalized spacial score (nSPS) is 19.4. The van der Waals surface area contributed by atoms with E-state index in [2.05, 4.69) is 15.0 Å². The molecule has 6 nitrogen and oxygen atoms in total. The number of fused-ring (bicyclic) bond motifs is 1. The minimum atomic E-state index is -3.61. The van der Waals surface area contributed by atoms with Crippen molar-refractivity contribution in [1.82, 2.24) is 15.0 Å². The molecule has 0 unspecified atom stereocenters. The van der Waals surface area contributed by atoms with Gasteiger partial charge in [0.05, 0.1) is 18.1 Å². The van der Waals surface area contributed by atoms with E-state index in [1.165, 1.54) is 0 Å². The van der Waals surface area contributed by atoms with Crippen LogP contribution in [-0.4, -0.2) is 38.6 Å². The van der Waals surface area contributed by atoms with Crippen LogP contribution in [0, 0.1) is 0 Å². The van der Waals surface area contributed by atoms with Gasteiger partial charge in [-0.3, -0.25) is 4.98 Å². The van der Waals surface area contributed by atoms with E-state index in [0.29, 0.717) is 30.2 Å². The Morgan fingerprint density at radius 2 is 1.90 bits per heavy atom. The van der Waals surface area contributed by atoms with Gasteiger partial charge in [-0.25, -0.2) is 13.1 Å². The Balaban J connectivity index is 1.27. The predicted molar refractivity (Wildman–Crippen MR) is 118 cm³/mol. The molecule has 1 aliphatic rings. The molecule has 30 heavy (non-hydrogen) atoms. The third kappa shape index (κ3) is 5.17. The molecule has 0 spiro atoms. The fraction of sp³-hybridized carbons (Fsp3) is 0.318. The van der Waals surface area contributed by atoms with Crippen molar-refractivity contribution >= 4 is 32.4 Å². The molecular formula is C22H24ClN3O3S. The number of sulfonamides is 1. The first kappa shape index (κ1) is 21.2. The number of nitrogens with one attached hydrogen (secondary N) is 2. The van der Waals surface area contributed by atoms with Crippen molar-refractivity contribution in [2.45, 2.75) is 36.4 Å². The van der Waals surface area contributed by atoms with Gasteiger partial charge in [-0.1, -0.05) is 35.9 Å². The molecule has 3 aromatic rings. The molecule has 0 saturated carbocycles. The molecule has 1 fully saturated rings. The first-order chi connectivity index (χ1) is 14.5. The number of hydrogen-bond acceptors (Lipinski definition) is 5. The summed E-state index contributed by atoms with van der Waals surface area (Å²) in [6.07, 6.45) is 5.12. The van der Waals surface area contributed by atoms with Gasteiger partial charge >= 0.3 is 0 Å². The highest BCUT2D eigenvalue weighted by Gasteiger charge is 2.26. The minimum Gasteiger partial charge on any atom is -0.375 e. The second-order valence-electron chi connectivity index (χ2n) is 7.48. The van der Waals surface area contributed by atoms with Crippen molar-refractivity contribution in [2.24, 2.45) is 0 Å². The van der Waals surface area contributed by atoms with Crippen LogP contribution < -0.4 is 10.0 Å². The van der Waals surface area contributed by atoms with Gasteiger partial charge in [0.15, 0.2) is 0 Å². The maximum absolute atomic E-state index is 12.8. The van der Waals surface area contributed by atoms with Crippen LogP contribution in [0.4, 0.5) is 0 Å². The number of benzene rings is 2. The Hall–Kier alpha value is -2.03. The van der Waals surface area contributed by atoms with E-state index < -0.39 is 10.0 Å². The molecule has 1 aromatic heterocycles. The molecular weight excluding hydrogens is 422 g/mol. The first-order valence-corrected chi connectivity index (χ1v) is 11.8. The third-order valence-corrected chi connectivity index (χ3v) is 7.02. The Morgan fingerprint density at radius 3 is 2.73 bits per heavy atom. The Labute approximate surface area is 181 Å².